The summed E-state index contributed by atoms with van der Waals surface area (Å²) in [5.41, 5.74) is 5.25. The van der Waals surface area contributed by atoms with Crippen molar-refractivity contribution in [1.29, 1.82) is 0 Å². The zero-order valence-electron chi connectivity index (χ0n) is 19.9. The Bertz CT molecular complexity index is 1280. The van der Waals surface area contributed by atoms with Crippen LogP contribution in [0.25, 0.3) is 21.9 Å². The van der Waals surface area contributed by atoms with E-state index in [1.807, 2.05) is 18.2 Å². The Morgan fingerprint density at radius 3 is 1.67 bits per heavy atom. The number of halogens is 2. The summed E-state index contributed by atoms with van der Waals surface area (Å²) in [4.78, 5) is 0. The van der Waals surface area contributed by atoms with Crippen molar-refractivity contribution in [2.45, 2.75) is 6.42 Å². The fourth-order valence-electron chi connectivity index (χ4n) is 3.66. The van der Waals surface area contributed by atoms with Crippen LogP contribution in [0.15, 0.2) is 146 Å². The van der Waals surface area contributed by atoms with Crippen LogP contribution >= 0.6 is 24.8 Å². The molecule has 5 aromatic rings. The molecule has 0 saturated heterocycles. The van der Waals surface area contributed by atoms with Gasteiger partial charge in [-0.3, -0.25) is 6.08 Å². The Hall–Kier alpha value is -2.70. The average molecular weight is 587 g/mol. The van der Waals surface area contributed by atoms with Gasteiger partial charge >= 0.3 is 99.2 Å². The first-order valence-corrected chi connectivity index (χ1v) is 12.7. The molecule has 178 valence electrons. The average Bonchev–Trinajstić information content (AvgIpc) is 3.64. The summed E-state index contributed by atoms with van der Waals surface area (Å²) in [7, 11) is 0. The van der Waals surface area contributed by atoms with Gasteiger partial charge in [0.2, 0.25) is 0 Å². The molecule has 0 aliphatic heterocycles. The quantitative estimate of drug-likeness (QED) is 0.185. The van der Waals surface area contributed by atoms with Gasteiger partial charge in [-0.25, -0.2) is 12.2 Å². The second kappa shape index (κ2) is 16.1. The molecular weight excluding hydrogens is 558 g/mol. The van der Waals surface area contributed by atoms with Crippen molar-refractivity contribution < 1.29 is 24.2 Å². The molecule has 5 aromatic carbocycles. The fraction of sp³-hybridized carbons (Fsp3) is 0.0303. The molecule has 1 aliphatic carbocycles. The number of allylic oxidation sites excluding steroid dienone is 4. The molecule has 36 heavy (non-hydrogen) atoms. The Balaban J connectivity index is 0.000000204. The van der Waals surface area contributed by atoms with Crippen LogP contribution in [0, 0.1) is 6.08 Å². The maximum atomic E-state index is 2.99. The molecule has 0 atom stereocenters. The van der Waals surface area contributed by atoms with E-state index >= 15 is 0 Å². The van der Waals surface area contributed by atoms with Crippen molar-refractivity contribution in [1.82, 2.24) is 0 Å². The summed E-state index contributed by atoms with van der Waals surface area (Å²) in [5.74, 6) is 0. The zero-order valence-corrected chi connectivity index (χ0v) is 24.0. The first-order chi connectivity index (χ1) is 16.8. The standard InChI is InChI=1S/C15H11.C13H10.C5H5.2ClH.Zr/c1-2-6-12(7-3-1)15-10-13-8-4-5-9-14(13)11-15;1-3-7-12(8-4-1)11-13-9-5-2-6-10-13;1-2-4-5-3-1;;;/h1-11H;1-10H;1-3H,4H2;2*1H;/q-1;;-1;;;+2. The molecule has 3 heteroatoms. The van der Waals surface area contributed by atoms with E-state index in [-0.39, 0.29) is 24.8 Å². The summed E-state index contributed by atoms with van der Waals surface area (Å²) in [6, 6.07) is 44.6. The SMILES string of the molecule is Cl.Cl.[C-]1=CC=CC1.[Zr+2]=[C](c1ccccc1)c1ccccc1.c1ccc(-c2cc3ccccc3[cH-]2)cc1. The van der Waals surface area contributed by atoms with Gasteiger partial charge in [0.15, 0.2) is 0 Å². The predicted molar refractivity (Wildman–Crippen MR) is 157 cm³/mol. The van der Waals surface area contributed by atoms with Crippen molar-refractivity contribution in [2.75, 3.05) is 0 Å². The Labute approximate surface area is 241 Å². The number of hydrogen-bond acceptors (Lipinski definition) is 0. The van der Waals surface area contributed by atoms with E-state index in [1.54, 1.807) is 0 Å². The van der Waals surface area contributed by atoms with Gasteiger partial charge in [0.1, 0.15) is 0 Å². The Morgan fingerprint density at radius 1 is 0.667 bits per heavy atom. The summed E-state index contributed by atoms with van der Waals surface area (Å²) >= 11 is 1.46. The molecule has 1 aliphatic rings. The van der Waals surface area contributed by atoms with Crippen LogP contribution in [0.5, 0.6) is 0 Å². The maximum absolute atomic E-state index is 2.99. The Morgan fingerprint density at radius 2 is 1.19 bits per heavy atom. The number of rotatable bonds is 3. The minimum atomic E-state index is 0. The second-order valence-electron chi connectivity index (χ2n) is 7.85. The number of fused-ring (bicyclic) bond motifs is 1. The van der Waals surface area contributed by atoms with E-state index in [0.717, 1.165) is 6.42 Å². The van der Waals surface area contributed by atoms with Crippen LogP contribution in [-0.2, 0) is 24.2 Å². The summed E-state index contributed by atoms with van der Waals surface area (Å²) < 4.78 is 1.42. The van der Waals surface area contributed by atoms with Gasteiger partial charge in [-0.1, -0.05) is 54.1 Å². The number of benzene rings is 4. The van der Waals surface area contributed by atoms with E-state index in [9.17, 15) is 0 Å². The van der Waals surface area contributed by atoms with Crippen LogP contribution in [0.1, 0.15) is 17.5 Å². The van der Waals surface area contributed by atoms with Crippen molar-refractivity contribution in [2.24, 2.45) is 0 Å². The monoisotopic (exact) mass is 584 g/mol. The Kier molecular flexibility index (Phi) is 13.2. The molecule has 0 N–H and O–H groups in total. The third kappa shape index (κ3) is 8.75. The molecule has 0 fully saturated rings. The second-order valence-corrected chi connectivity index (χ2v) is 9.08. The van der Waals surface area contributed by atoms with Crippen LogP contribution in [-0.4, -0.2) is 3.21 Å². The summed E-state index contributed by atoms with van der Waals surface area (Å²) in [6.45, 7) is 0. The maximum Gasteiger partial charge on any atom is -0.0635 e. The topological polar surface area (TPSA) is 0 Å². The van der Waals surface area contributed by atoms with Gasteiger partial charge in [-0.2, -0.15) is 6.08 Å². The van der Waals surface area contributed by atoms with Gasteiger partial charge in [0.25, 0.3) is 0 Å². The minimum absolute atomic E-state index is 0. The number of hydrogen-bond donors (Lipinski definition) is 0. The molecule has 0 bridgehead atoms. The normalized spacial score (nSPS) is 10.7. The molecule has 0 radical (unpaired) electrons. The van der Waals surface area contributed by atoms with Crippen LogP contribution < -0.4 is 0 Å². The first-order valence-electron chi connectivity index (χ1n) is 11.4. The molecule has 0 saturated carbocycles. The molecule has 6 rings (SSSR count). The predicted octanol–water partition coefficient (Wildman–Crippen LogP) is 9.18. The van der Waals surface area contributed by atoms with Crippen molar-refractivity contribution in [3.8, 4) is 11.1 Å². The van der Waals surface area contributed by atoms with Crippen molar-refractivity contribution in [3.63, 3.8) is 0 Å². The molecule has 0 aromatic heterocycles. The summed E-state index contributed by atoms with van der Waals surface area (Å²) in [5, 5.41) is 2.63. The molecule has 0 unspecified atom stereocenters. The van der Waals surface area contributed by atoms with E-state index in [4.69, 9.17) is 0 Å². The van der Waals surface area contributed by atoms with E-state index in [2.05, 4.69) is 133 Å². The third-order valence-corrected chi connectivity index (χ3v) is 6.86. The van der Waals surface area contributed by atoms with Gasteiger partial charge in [0, 0.05) is 0 Å². The van der Waals surface area contributed by atoms with Gasteiger partial charge in [0.05, 0.1) is 0 Å². The van der Waals surface area contributed by atoms with Crippen LogP contribution in [0.3, 0.4) is 0 Å². The van der Waals surface area contributed by atoms with Gasteiger partial charge < -0.3 is 0 Å². The fourth-order valence-corrected chi connectivity index (χ4v) is 4.48. The largest absolute Gasteiger partial charge is 0.145 e. The summed E-state index contributed by atoms with van der Waals surface area (Å²) in [6.07, 6.45) is 10.0. The smallest absolute Gasteiger partial charge is 0.0635 e. The van der Waals surface area contributed by atoms with Gasteiger partial charge in [-0.15, -0.1) is 65.8 Å². The van der Waals surface area contributed by atoms with Crippen molar-refractivity contribution >= 4 is 38.8 Å². The molecule has 0 nitrogen and oxygen atoms in total. The van der Waals surface area contributed by atoms with E-state index in [0.29, 0.717) is 0 Å². The zero-order chi connectivity index (χ0) is 23.4. The van der Waals surface area contributed by atoms with Gasteiger partial charge in [-0.05, 0) is 0 Å². The minimum Gasteiger partial charge on any atom is -0.145 e. The van der Waals surface area contributed by atoms with E-state index < -0.39 is 0 Å². The van der Waals surface area contributed by atoms with Crippen LogP contribution in [0.4, 0.5) is 0 Å². The van der Waals surface area contributed by atoms with E-state index in [1.165, 1.54) is 60.5 Å². The molecule has 0 spiro atoms. The van der Waals surface area contributed by atoms with Crippen LogP contribution in [0.2, 0.25) is 0 Å². The molecule has 0 heterocycles. The third-order valence-electron chi connectivity index (χ3n) is 5.44. The molecule has 0 amide bonds. The molecular formula is C33H28Cl2Zr. The first kappa shape index (κ1) is 29.5. The van der Waals surface area contributed by atoms with Crippen molar-refractivity contribution in [3.05, 3.63) is 163 Å².